The van der Waals surface area contributed by atoms with Crippen molar-refractivity contribution in [3.63, 3.8) is 0 Å². The second kappa shape index (κ2) is 8.91. The van der Waals surface area contributed by atoms with Crippen LogP contribution in [0.5, 0.6) is 0 Å². The first kappa shape index (κ1) is 17.0. The molecular weight excluding hydrogens is 284 g/mol. The van der Waals surface area contributed by atoms with Gasteiger partial charge in [-0.05, 0) is 42.4 Å². The highest BCUT2D eigenvalue weighted by Crippen LogP contribution is 2.08. The number of hydrogen-bond donors (Lipinski definition) is 1. The normalized spacial score (nSPS) is 11.1. The van der Waals surface area contributed by atoms with Crippen molar-refractivity contribution in [3.8, 4) is 0 Å². The minimum atomic E-state index is -0.0911. The fraction of sp³-hybridized carbons (Fsp3) is 0.250. The predicted octanol–water partition coefficient (Wildman–Crippen LogP) is 3.93. The summed E-state index contributed by atoms with van der Waals surface area (Å²) in [7, 11) is 0. The highest BCUT2D eigenvalue weighted by Gasteiger charge is 2.05. The van der Waals surface area contributed by atoms with Gasteiger partial charge in [0, 0.05) is 18.3 Å². The first-order valence-electron chi connectivity index (χ1n) is 8.06. The molecule has 2 aromatic carbocycles. The topological polar surface area (TPSA) is 32.3 Å². The molecule has 3 nitrogen and oxygen atoms in total. The van der Waals surface area contributed by atoms with Gasteiger partial charge in [-0.25, -0.2) is 0 Å². The van der Waals surface area contributed by atoms with Crippen molar-refractivity contribution in [1.29, 1.82) is 0 Å². The molecule has 0 bridgehead atoms. The molecule has 0 saturated carbocycles. The average Bonchev–Trinajstić information content (AvgIpc) is 2.61. The minimum absolute atomic E-state index is 0.0911. The Bertz CT molecular complexity index is 628. The molecule has 0 atom stereocenters. The molecule has 1 N–H and O–H groups in total. The SMILES string of the molecule is CCN(CC)Cc1ccc(C(=O)NC=Cc2ccccc2)cc1. The second-order valence-corrected chi connectivity index (χ2v) is 5.38. The number of benzene rings is 2. The summed E-state index contributed by atoms with van der Waals surface area (Å²) in [5.41, 5.74) is 2.96. The maximum Gasteiger partial charge on any atom is 0.255 e. The Morgan fingerprint density at radius 1 is 1.00 bits per heavy atom. The standard InChI is InChI=1S/C20H24N2O/c1-3-22(4-2)16-18-10-12-19(13-11-18)20(23)21-15-14-17-8-6-5-7-9-17/h5-15H,3-4,16H2,1-2H3,(H,21,23). The van der Waals surface area contributed by atoms with Crippen molar-refractivity contribution in [2.75, 3.05) is 13.1 Å². The van der Waals surface area contributed by atoms with E-state index in [1.54, 1.807) is 6.20 Å². The number of amides is 1. The molecule has 0 heterocycles. The van der Waals surface area contributed by atoms with E-state index >= 15 is 0 Å². The monoisotopic (exact) mass is 308 g/mol. The molecule has 0 saturated heterocycles. The molecule has 0 aromatic heterocycles. The first-order valence-corrected chi connectivity index (χ1v) is 8.06. The van der Waals surface area contributed by atoms with Gasteiger partial charge in [0.05, 0.1) is 0 Å². The Labute approximate surface area is 138 Å². The van der Waals surface area contributed by atoms with Gasteiger partial charge >= 0.3 is 0 Å². The van der Waals surface area contributed by atoms with Crippen molar-refractivity contribution in [1.82, 2.24) is 10.2 Å². The lowest BCUT2D eigenvalue weighted by Gasteiger charge is -2.17. The van der Waals surface area contributed by atoms with E-state index in [2.05, 4.69) is 24.1 Å². The van der Waals surface area contributed by atoms with Crippen LogP contribution in [-0.2, 0) is 6.54 Å². The molecule has 0 spiro atoms. The van der Waals surface area contributed by atoms with E-state index in [0.29, 0.717) is 5.56 Å². The zero-order chi connectivity index (χ0) is 16.5. The lowest BCUT2D eigenvalue weighted by atomic mass is 10.1. The van der Waals surface area contributed by atoms with Crippen LogP contribution >= 0.6 is 0 Å². The Morgan fingerprint density at radius 2 is 1.65 bits per heavy atom. The van der Waals surface area contributed by atoms with Gasteiger partial charge in [0.15, 0.2) is 0 Å². The van der Waals surface area contributed by atoms with Crippen LogP contribution in [0.15, 0.2) is 60.8 Å². The molecule has 2 rings (SSSR count). The Hall–Kier alpha value is -2.39. The summed E-state index contributed by atoms with van der Waals surface area (Å²) in [6, 6.07) is 17.7. The second-order valence-electron chi connectivity index (χ2n) is 5.38. The lowest BCUT2D eigenvalue weighted by Crippen LogP contribution is -2.22. The molecule has 23 heavy (non-hydrogen) atoms. The Balaban J connectivity index is 1.91. The van der Waals surface area contributed by atoms with Gasteiger partial charge in [-0.1, -0.05) is 56.3 Å². The van der Waals surface area contributed by atoms with Crippen LogP contribution in [0.25, 0.3) is 6.08 Å². The largest absolute Gasteiger partial charge is 0.329 e. The molecular formula is C20H24N2O. The fourth-order valence-electron chi connectivity index (χ4n) is 2.33. The summed E-state index contributed by atoms with van der Waals surface area (Å²) in [4.78, 5) is 14.5. The summed E-state index contributed by atoms with van der Waals surface area (Å²) in [5.74, 6) is -0.0911. The van der Waals surface area contributed by atoms with Gasteiger partial charge < -0.3 is 5.32 Å². The van der Waals surface area contributed by atoms with Crippen molar-refractivity contribution < 1.29 is 4.79 Å². The third-order valence-electron chi connectivity index (χ3n) is 3.81. The number of hydrogen-bond acceptors (Lipinski definition) is 2. The molecule has 0 aliphatic rings. The fourth-order valence-corrected chi connectivity index (χ4v) is 2.33. The van der Waals surface area contributed by atoms with Crippen molar-refractivity contribution in [2.24, 2.45) is 0 Å². The third kappa shape index (κ3) is 5.38. The number of carbonyl (C=O) groups is 1. The Morgan fingerprint density at radius 3 is 2.26 bits per heavy atom. The van der Waals surface area contributed by atoms with E-state index in [0.717, 1.165) is 25.2 Å². The molecule has 0 radical (unpaired) electrons. The zero-order valence-corrected chi connectivity index (χ0v) is 13.8. The minimum Gasteiger partial charge on any atom is -0.329 e. The van der Waals surface area contributed by atoms with E-state index in [4.69, 9.17) is 0 Å². The smallest absolute Gasteiger partial charge is 0.255 e. The van der Waals surface area contributed by atoms with Crippen LogP contribution in [0.3, 0.4) is 0 Å². The maximum atomic E-state index is 12.1. The molecule has 0 fully saturated rings. The van der Waals surface area contributed by atoms with Crippen molar-refractivity contribution >= 4 is 12.0 Å². The van der Waals surface area contributed by atoms with Crippen LogP contribution in [0.2, 0.25) is 0 Å². The van der Waals surface area contributed by atoms with Crippen molar-refractivity contribution in [3.05, 3.63) is 77.5 Å². The maximum absolute atomic E-state index is 12.1. The highest BCUT2D eigenvalue weighted by atomic mass is 16.1. The molecule has 0 aliphatic heterocycles. The van der Waals surface area contributed by atoms with Gasteiger partial charge in [0.1, 0.15) is 0 Å². The summed E-state index contributed by atoms with van der Waals surface area (Å²) in [5, 5.41) is 2.80. The number of nitrogens with zero attached hydrogens (tertiary/aromatic N) is 1. The molecule has 120 valence electrons. The zero-order valence-electron chi connectivity index (χ0n) is 13.8. The van der Waals surface area contributed by atoms with E-state index < -0.39 is 0 Å². The quantitative estimate of drug-likeness (QED) is 0.840. The van der Waals surface area contributed by atoms with Crippen LogP contribution < -0.4 is 5.32 Å². The predicted molar refractivity (Wildman–Crippen MR) is 96.0 cm³/mol. The highest BCUT2D eigenvalue weighted by molar-refractivity contribution is 5.95. The first-order chi connectivity index (χ1) is 11.2. The number of rotatable bonds is 7. The van der Waals surface area contributed by atoms with Gasteiger partial charge in [0.2, 0.25) is 0 Å². The van der Waals surface area contributed by atoms with Gasteiger partial charge in [-0.2, -0.15) is 0 Å². The van der Waals surface area contributed by atoms with E-state index in [-0.39, 0.29) is 5.91 Å². The van der Waals surface area contributed by atoms with E-state index in [1.807, 2.05) is 60.7 Å². The lowest BCUT2D eigenvalue weighted by molar-refractivity contribution is 0.0970. The van der Waals surface area contributed by atoms with Gasteiger partial charge in [-0.15, -0.1) is 0 Å². The van der Waals surface area contributed by atoms with Crippen molar-refractivity contribution in [2.45, 2.75) is 20.4 Å². The van der Waals surface area contributed by atoms with Crippen LogP contribution in [0.4, 0.5) is 0 Å². The van der Waals surface area contributed by atoms with Crippen LogP contribution in [0.1, 0.15) is 35.3 Å². The summed E-state index contributed by atoms with van der Waals surface area (Å²) >= 11 is 0. The molecule has 1 amide bonds. The van der Waals surface area contributed by atoms with Crippen LogP contribution in [-0.4, -0.2) is 23.9 Å². The third-order valence-corrected chi connectivity index (χ3v) is 3.81. The molecule has 2 aromatic rings. The van der Waals surface area contributed by atoms with Gasteiger partial charge in [-0.3, -0.25) is 9.69 Å². The number of nitrogens with one attached hydrogen (secondary N) is 1. The van der Waals surface area contributed by atoms with Crippen LogP contribution in [0, 0.1) is 0 Å². The molecule has 3 heteroatoms. The average molecular weight is 308 g/mol. The summed E-state index contributed by atoms with van der Waals surface area (Å²) in [6.45, 7) is 7.30. The summed E-state index contributed by atoms with van der Waals surface area (Å²) < 4.78 is 0. The van der Waals surface area contributed by atoms with Gasteiger partial charge in [0.25, 0.3) is 5.91 Å². The van der Waals surface area contributed by atoms with E-state index in [9.17, 15) is 4.79 Å². The molecule has 0 aliphatic carbocycles. The Kier molecular flexibility index (Phi) is 6.57. The molecule has 0 unspecified atom stereocenters. The van der Waals surface area contributed by atoms with E-state index in [1.165, 1.54) is 5.56 Å². The number of carbonyl (C=O) groups excluding carboxylic acids is 1. The summed E-state index contributed by atoms with van der Waals surface area (Å²) in [6.07, 6.45) is 3.56.